The third-order valence-corrected chi connectivity index (χ3v) is 6.47. The van der Waals surface area contributed by atoms with E-state index in [9.17, 15) is 9.59 Å². The van der Waals surface area contributed by atoms with Crippen molar-refractivity contribution in [2.45, 2.75) is 76.3 Å². The van der Waals surface area contributed by atoms with Crippen molar-refractivity contribution in [2.24, 2.45) is 17.3 Å². The first-order valence-electron chi connectivity index (χ1n) is 10.2. The Balaban J connectivity index is 1.04. The van der Waals surface area contributed by atoms with Gasteiger partial charge in [-0.25, -0.2) is 0 Å². The zero-order valence-electron chi connectivity index (χ0n) is 16.5. The number of epoxide rings is 2. The van der Waals surface area contributed by atoms with Crippen molar-refractivity contribution in [3.8, 4) is 0 Å². The predicted octanol–water partition coefficient (Wildman–Crippen LogP) is 0.846. The maximum atomic E-state index is 12.4. The van der Waals surface area contributed by atoms with Gasteiger partial charge in [0.15, 0.2) is 0 Å². The third-order valence-electron chi connectivity index (χ3n) is 6.47. The van der Waals surface area contributed by atoms with Crippen LogP contribution < -0.4 is 0 Å². The number of carbonyl (C=O) groups is 2. The van der Waals surface area contributed by atoms with Crippen LogP contribution in [0.1, 0.15) is 33.6 Å². The summed E-state index contributed by atoms with van der Waals surface area (Å²) < 4.78 is 33.4. The van der Waals surface area contributed by atoms with Gasteiger partial charge in [-0.15, -0.1) is 0 Å². The second-order valence-corrected chi connectivity index (χ2v) is 9.54. The average molecular weight is 396 g/mol. The predicted molar refractivity (Wildman–Crippen MR) is 93.3 cm³/mol. The Morgan fingerprint density at radius 3 is 2.25 bits per heavy atom. The van der Waals surface area contributed by atoms with Crippen LogP contribution in [0.2, 0.25) is 0 Å². The molecule has 0 aromatic heterocycles. The molecule has 0 aromatic carbocycles. The molecule has 5 saturated heterocycles. The summed E-state index contributed by atoms with van der Waals surface area (Å²) in [5.41, 5.74) is -0.463. The van der Waals surface area contributed by atoms with Crippen LogP contribution in [0.4, 0.5) is 0 Å². The molecule has 8 heteroatoms. The zero-order chi connectivity index (χ0) is 19.6. The normalized spacial score (nSPS) is 45.6. The minimum absolute atomic E-state index is 0.0134. The Bertz CT molecular complexity index is 663. The van der Waals surface area contributed by atoms with Crippen LogP contribution in [0.15, 0.2) is 0 Å². The summed E-state index contributed by atoms with van der Waals surface area (Å²) in [4.78, 5) is 24.8. The van der Waals surface area contributed by atoms with Crippen molar-refractivity contribution in [1.82, 2.24) is 0 Å². The average Bonchev–Trinajstić information content (AvgIpc) is 3.45. The first-order valence-corrected chi connectivity index (χ1v) is 10.2. The molecule has 5 aliphatic heterocycles. The fourth-order valence-corrected chi connectivity index (χ4v) is 4.63. The van der Waals surface area contributed by atoms with E-state index < -0.39 is 5.41 Å². The van der Waals surface area contributed by atoms with Crippen LogP contribution in [0.25, 0.3) is 0 Å². The molecule has 0 aliphatic carbocycles. The molecular weight excluding hydrogens is 368 g/mol. The van der Waals surface area contributed by atoms with Gasteiger partial charge in [0.25, 0.3) is 0 Å². The first kappa shape index (κ1) is 18.8. The van der Waals surface area contributed by atoms with Gasteiger partial charge in [0.05, 0.1) is 50.0 Å². The second-order valence-electron chi connectivity index (χ2n) is 9.54. The summed E-state index contributed by atoms with van der Waals surface area (Å²) in [6.07, 6.45) is 1.78. The number of rotatable bonds is 7. The van der Waals surface area contributed by atoms with Crippen molar-refractivity contribution in [2.75, 3.05) is 19.8 Å². The van der Waals surface area contributed by atoms with Gasteiger partial charge in [0, 0.05) is 5.41 Å². The summed E-state index contributed by atoms with van der Waals surface area (Å²) in [6, 6.07) is 0. The summed E-state index contributed by atoms with van der Waals surface area (Å²) in [5.74, 6) is -0.996. The standard InChI is InChI=1S/C20H28O8/c1-9-14(26-9)12-4-10(6-23-12)18(21)24-7-20(2,3)8-25-19(22)11-5-13-16-17(28-16)15(11)27-13/h9-17H,4-8H2,1-3H3. The number of esters is 2. The van der Waals surface area contributed by atoms with Crippen molar-refractivity contribution in [1.29, 1.82) is 0 Å². The number of hydrogen-bond acceptors (Lipinski definition) is 8. The maximum absolute atomic E-state index is 12.4. The van der Waals surface area contributed by atoms with Crippen molar-refractivity contribution < 1.29 is 38.0 Å². The Morgan fingerprint density at radius 1 is 0.893 bits per heavy atom. The minimum Gasteiger partial charge on any atom is -0.465 e. The summed E-state index contributed by atoms with van der Waals surface area (Å²) in [7, 11) is 0. The van der Waals surface area contributed by atoms with E-state index in [1.54, 1.807) is 0 Å². The van der Waals surface area contributed by atoms with E-state index in [-0.39, 0.29) is 79.7 Å². The van der Waals surface area contributed by atoms with E-state index in [4.69, 9.17) is 28.4 Å². The Labute approximate surface area is 164 Å². The summed E-state index contributed by atoms with van der Waals surface area (Å²) in [5, 5.41) is 0. The van der Waals surface area contributed by atoms with Crippen LogP contribution >= 0.6 is 0 Å². The van der Waals surface area contributed by atoms with E-state index in [2.05, 4.69) is 0 Å². The van der Waals surface area contributed by atoms with Crippen LogP contribution in [-0.2, 0) is 38.0 Å². The Hall–Kier alpha value is -1.22. The number of hydrogen-bond donors (Lipinski definition) is 0. The summed E-state index contributed by atoms with van der Waals surface area (Å²) in [6.45, 7) is 6.59. The lowest BCUT2D eigenvalue weighted by Gasteiger charge is -2.25. The topological polar surface area (TPSA) is 96.1 Å². The zero-order valence-corrected chi connectivity index (χ0v) is 16.5. The van der Waals surface area contributed by atoms with Crippen LogP contribution in [0, 0.1) is 17.3 Å². The van der Waals surface area contributed by atoms with Crippen LogP contribution in [0.3, 0.4) is 0 Å². The van der Waals surface area contributed by atoms with Crippen LogP contribution in [0.5, 0.6) is 0 Å². The molecule has 9 unspecified atom stereocenters. The van der Waals surface area contributed by atoms with E-state index in [1.807, 2.05) is 20.8 Å². The maximum Gasteiger partial charge on any atom is 0.311 e. The van der Waals surface area contributed by atoms with Gasteiger partial charge >= 0.3 is 11.9 Å². The van der Waals surface area contributed by atoms with E-state index in [0.29, 0.717) is 19.4 Å². The smallest absolute Gasteiger partial charge is 0.311 e. The monoisotopic (exact) mass is 396 g/mol. The SMILES string of the molecule is CC1OC1C1CC(C(=O)OCC(C)(C)COC(=O)C2CC3OC2C2OC32)CO1. The molecule has 5 rings (SSSR count). The van der Waals surface area contributed by atoms with Crippen molar-refractivity contribution >= 4 is 11.9 Å². The molecule has 9 atom stereocenters. The van der Waals surface area contributed by atoms with Gasteiger partial charge in [0.1, 0.15) is 24.4 Å². The summed E-state index contributed by atoms with van der Waals surface area (Å²) >= 11 is 0. The van der Waals surface area contributed by atoms with Gasteiger partial charge in [-0.2, -0.15) is 0 Å². The van der Waals surface area contributed by atoms with Gasteiger partial charge in [-0.3, -0.25) is 9.59 Å². The largest absolute Gasteiger partial charge is 0.465 e. The van der Waals surface area contributed by atoms with E-state index in [0.717, 1.165) is 0 Å². The Morgan fingerprint density at radius 2 is 1.61 bits per heavy atom. The quantitative estimate of drug-likeness (QED) is 0.462. The lowest BCUT2D eigenvalue weighted by molar-refractivity contribution is -0.158. The van der Waals surface area contributed by atoms with E-state index >= 15 is 0 Å². The minimum atomic E-state index is -0.463. The molecule has 5 aliphatic rings. The highest BCUT2D eigenvalue weighted by molar-refractivity contribution is 5.74. The molecule has 28 heavy (non-hydrogen) atoms. The highest BCUT2D eigenvalue weighted by Gasteiger charge is 2.66. The number of carbonyl (C=O) groups excluding carboxylic acids is 2. The molecule has 0 radical (unpaired) electrons. The number of fused-ring (bicyclic) bond motifs is 5. The van der Waals surface area contributed by atoms with Gasteiger partial charge in [-0.1, -0.05) is 13.8 Å². The lowest BCUT2D eigenvalue weighted by atomic mass is 9.89. The molecular formula is C20H28O8. The molecule has 0 spiro atoms. The van der Waals surface area contributed by atoms with Gasteiger partial charge in [-0.05, 0) is 19.8 Å². The molecule has 0 amide bonds. The Kier molecular flexibility index (Phi) is 4.46. The van der Waals surface area contributed by atoms with E-state index in [1.165, 1.54) is 0 Å². The van der Waals surface area contributed by atoms with Crippen molar-refractivity contribution in [3.05, 3.63) is 0 Å². The van der Waals surface area contributed by atoms with Gasteiger partial charge < -0.3 is 28.4 Å². The highest BCUT2D eigenvalue weighted by Crippen LogP contribution is 2.51. The molecule has 5 heterocycles. The molecule has 0 N–H and O–H groups in total. The molecule has 5 fully saturated rings. The first-order chi connectivity index (χ1) is 13.3. The molecule has 0 saturated carbocycles. The number of ether oxygens (including phenoxy) is 6. The fraction of sp³-hybridized carbons (Fsp3) is 0.900. The molecule has 8 nitrogen and oxygen atoms in total. The van der Waals surface area contributed by atoms with Crippen molar-refractivity contribution in [3.63, 3.8) is 0 Å². The molecule has 0 aromatic rings. The lowest BCUT2D eigenvalue weighted by Crippen LogP contribution is -2.35. The highest BCUT2D eigenvalue weighted by atomic mass is 16.7. The molecule has 2 bridgehead atoms. The fourth-order valence-electron chi connectivity index (χ4n) is 4.63. The van der Waals surface area contributed by atoms with Gasteiger partial charge in [0.2, 0.25) is 0 Å². The van der Waals surface area contributed by atoms with Crippen LogP contribution in [-0.4, -0.2) is 74.5 Å². The third kappa shape index (κ3) is 3.44. The molecule has 156 valence electrons. The second kappa shape index (κ2) is 6.65.